The molecule has 1 radical (unpaired) electrons. The van der Waals surface area contributed by atoms with E-state index in [0.29, 0.717) is 0 Å². The fraction of sp³-hybridized carbons (Fsp3) is 0.0769. The molecule has 0 fully saturated rings. The number of hydrogen-bond donors (Lipinski definition) is 1. The van der Waals surface area contributed by atoms with Gasteiger partial charge in [-0.25, -0.2) is 0 Å². The van der Waals surface area contributed by atoms with Crippen molar-refractivity contribution in [2.24, 2.45) is 0 Å². The van der Waals surface area contributed by atoms with Gasteiger partial charge in [0.2, 0.25) is 0 Å². The van der Waals surface area contributed by atoms with Crippen LogP contribution >= 0.6 is 0 Å². The van der Waals surface area contributed by atoms with Gasteiger partial charge in [0.05, 0.1) is 6.61 Å². The molecular weight excluding hydrogens is 172 g/mol. The lowest BCUT2D eigenvalue weighted by Crippen LogP contribution is -1.88. The number of aliphatic hydroxyl groups excluding tert-OH is 1. The highest BCUT2D eigenvalue weighted by Crippen LogP contribution is 2.22. The van der Waals surface area contributed by atoms with E-state index in [9.17, 15) is 0 Å². The molecule has 1 heteroatoms. The standard InChI is InChI=1S/C13H11O/c14-10-12-8-4-5-9-13(12)11-6-2-1-3-7-11/h1-7,9,14H,10H2. The molecule has 0 saturated heterocycles. The zero-order valence-corrected chi connectivity index (χ0v) is 7.77. The van der Waals surface area contributed by atoms with Gasteiger partial charge >= 0.3 is 0 Å². The SMILES string of the molecule is OCc1[c]cccc1-c1ccccc1. The Hall–Kier alpha value is -1.60. The van der Waals surface area contributed by atoms with E-state index in [4.69, 9.17) is 5.11 Å². The molecule has 0 unspecified atom stereocenters. The van der Waals surface area contributed by atoms with Crippen molar-refractivity contribution < 1.29 is 5.11 Å². The highest BCUT2D eigenvalue weighted by molar-refractivity contribution is 5.66. The average Bonchev–Trinajstić information content (AvgIpc) is 2.30. The Bertz CT molecular complexity index is 407. The maximum absolute atomic E-state index is 9.15. The highest BCUT2D eigenvalue weighted by Gasteiger charge is 2.01. The first-order valence-corrected chi connectivity index (χ1v) is 4.57. The van der Waals surface area contributed by atoms with Gasteiger partial charge in [0.15, 0.2) is 0 Å². The molecule has 1 nitrogen and oxygen atoms in total. The highest BCUT2D eigenvalue weighted by atomic mass is 16.3. The van der Waals surface area contributed by atoms with Crippen LogP contribution in [-0.4, -0.2) is 5.11 Å². The van der Waals surface area contributed by atoms with Crippen LogP contribution in [0.2, 0.25) is 0 Å². The van der Waals surface area contributed by atoms with Gasteiger partial charge < -0.3 is 5.11 Å². The summed E-state index contributed by atoms with van der Waals surface area (Å²) in [5, 5.41) is 9.15. The van der Waals surface area contributed by atoms with Gasteiger partial charge in [0, 0.05) is 0 Å². The third kappa shape index (κ3) is 1.68. The second-order valence-corrected chi connectivity index (χ2v) is 3.09. The Kier molecular flexibility index (Phi) is 2.61. The van der Waals surface area contributed by atoms with E-state index < -0.39 is 0 Å². The summed E-state index contributed by atoms with van der Waals surface area (Å²) in [4.78, 5) is 0. The molecule has 14 heavy (non-hydrogen) atoms. The molecule has 0 aromatic heterocycles. The van der Waals surface area contributed by atoms with Crippen LogP contribution in [0.4, 0.5) is 0 Å². The Morgan fingerprint density at radius 3 is 2.50 bits per heavy atom. The van der Waals surface area contributed by atoms with Crippen LogP contribution in [0, 0.1) is 6.07 Å². The molecule has 0 aliphatic rings. The van der Waals surface area contributed by atoms with E-state index in [2.05, 4.69) is 6.07 Å². The molecule has 0 aliphatic heterocycles. The molecule has 0 bridgehead atoms. The van der Waals surface area contributed by atoms with Crippen molar-refractivity contribution in [3.8, 4) is 11.1 Å². The Morgan fingerprint density at radius 2 is 1.79 bits per heavy atom. The number of rotatable bonds is 2. The summed E-state index contributed by atoms with van der Waals surface area (Å²) in [5.41, 5.74) is 3.02. The van der Waals surface area contributed by atoms with Crippen molar-refractivity contribution in [2.45, 2.75) is 6.61 Å². The Morgan fingerprint density at radius 1 is 1.00 bits per heavy atom. The lowest BCUT2D eigenvalue weighted by molar-refractivity contribution is 0.282. The van der Waals surface area contributed by atoms with E-state index in [0.717, 1.165) is 16.7 Å². The van der Waals surface area contributed by atoms with E-state index in [1.54, 1.807) is 0 Å². The molecule has 0 saturated carbocycles. The summed E-state index contributed by atoms with van der Waals surface area (Å²) >= 11 is 0. The number of benzene rings is 2. The molecule has 0 spiro atoms. The van der Waals surface area contributed by atoms with Gasteiger partial charge in [-0.2, -0.15) is 0 Å². The maximum Gasteiger partial charge on any atom is 0.0693 e. The van der Waals surface area contributed by atoms with Crippen molar-refractivity contribution in [3.05, 3.63) is 60.2 Å². The van der Waals surface area contributed by atoms with E-state index in [-0.39, 0.29) is 6.61 Å². The molecule has 0 atom stereocenters. The van der Waals surface area contributed by atoms with Crippen LogP contribution in [-0.2, 0) is 6.61 Å². The second-order valence-electron chi connectivity index (χ2n) is 3.09. The van der Waals surface area contributed by atoms with Crippen molar-refractivity contribution in [3.63, 3.8) is 0 Å². The van der Waals surface area contributed by atoms with Crippen LogP contribution in [0.1, 0.15) is 5.56 Å². The maximum atomic E-state index is 9.15. The van der Waals surface area contributed by atoms with E-state index >= 15 is 0 Å². The van der Waals surface area contributed by atoms with Gasteiger partial charge in [-0.3, -0.25) is 0 Å². The van der Waals surface area contributed by atoms with Crippen LogP contribution in [0.15, 0.2) is 48.5 Å². The zero-order chi connectivity index (χ0) is 9.80. The average molecular weight is 183 g/mol. The summed E-state index contributed by atoms with van der Waals surface area (Å²) in [6.07, 6.45) is 0. The van der Waals surface area contributed by atoms with Crippen molar-refractivity contribution in [1.29, 1.82) is 0 Å². The topological polar surface area (TPSA) is 20.2 Å². The number of aliphatic hydroxyl groups is 1. The summed E-state index contributed by atoms with van der Waals surface area (Å²) in [6.45, 7) is 0.0328. The quantitative estimate of drug-likeness (QED) is 0.758. The molecular formula is C13H11O. The predicted molar refractivity (Wildman–Crippen MR) is 56.6 cm³/mol. The van der Waals surface area contributed by atoms with E-state index in [1.165, 1.54) is 0 Å². The van der Waals surface area contributed by atoms with Gasteiger partial charge in [-0.15, -0.1) is 0 Å². The minimum absolute atomic E-state index is 0.0328. The number of hydrogen-bond acceptors (Lipinski definition) is 1. The van der Waals surface area contributed by atoms with Crippen molar-refractivity contribution in [2.75, 3.05) is 0 Å². The van der Waals surface area contributed by atoms with Gasteiger partial charge in [0.25, 0.3) is 0 Å². The normalized spacial score (nSPS) is 10.1. The monoisotopic (exact) mass is 183 g/mol. The molecule has 2 aromatic rings. The summed E-state index contributed by atoms with van der Waals surface area (Å²) in [5.74, 6) is 0. The lowest BCUT2D eigenvalue weighted by Gasteiger charge is -2.05. The fourth-order valence-electron chi connectivity index (χ4n) is 1.49. The summed E-state index contributed by atoms with van der Waals surface area (Å²) in [7, 11) is 0. The van der Waals surface area contributed by atoms with Gasteiger partial charge in [-0.1, -0.05) is 48.5 Å². The lowest BCUT2D eigenvalue weighted by atomic mass is 10.0. The third-order valence-corrected chi connectivity index (χ3v) is 2.18. The molecule has 69 valence electrons. The first-order valence-electron chi connectivity index (χ1n) is 4.57. The smallest absolute Gasteiger partial charge is 0.0693 e. The summed E-state index contributed by atoms with van der Waals surface area (Å²) in [6, 6.07) is 18.8. The van der Waals surface area contributed by atoms with Crippen molar-refractivity contribution >= 4 is 0 Å². The minimum atomic E-state index is 0.0328. The molecule has 2 aromatic carbocycles. The Balaban J connectivity index is 2.51. The molecule has 1 N–H and O–H groups in total. The fourth-order valence-corrected chi connectivity index (χ4v) is 1.49. The molecule has 2 rings (SSSR count). The predicted octanol–water partition coefficient (Wildman–Crippen LogP) is 2.65. The Labute approximate surface area is 83.6 Å². The molecule has 0 aliphatic carbocycles. The first kappa shape index (κ1) is 8.97. The van der Waals surface area contributed by atoms with Crippen molar-refractivity contribution in [1.82, 2.24) is 0 Å². The van der Waals surface area contributed by atoms with Crippen LogP contribution in [0.3, 0.4) is 0 Å². The first-order chi connectivity index (χ1) is 6.92. The second kappa shape index (κ2) is 4.07. The van der Waals surface area contributed by atoms with E-state index in [1.807, 2.05) is 48.5 Å². The molecule has 0 amide bonds. The minimum Gasteiger partial charge on any atom is -0.392 e. The van der Waals surface area contributed by atoms with Crippen LogP contribution in [0.5, 0.6) is 0 Å². The van der Waals surface area contributed by atoms with Gasteiger partial charge in [0.1, 0.15) is 0 Å². The van der Waals surface area contributed by atoms with Crippen LogP contribution < -0.4 is 0 Å². The third-order valence-electron chi connectivity index (χ3n) is 2.18. The molecule has 0 heterocycles. The largest absolute Gasteiger partial charge is 0.392 e. The van der Waals surface area contributed by atoms with Crippen LogP contribution in [0.25, 0.3) is 11.1 Å². The summed E-state index contributed by atoms with van der Waals surface area (Å²) < 4.78 is 0. The van der Waals surface area contributed by atoms with Gasteiger partial charge in [-0.05, 0) is 22.8 Å². The zero-order valence-electron chi connectivity index (χ0n) is 7.77.